The molecule has 0 bridgehead atoms. The molecule has 1 atom stereocenters. The third-order valence-corrected chi connectivity index (χ3v) is 6.14. The van der Waals surface area contributed by atoms with E-state index in [1.54, 1.807) is 0 Å². The number of anilines is 1. The van der Waals surface area contributed by atoms with Gasteiger partial charge < -0.3 is 15.0 Å². The smallest absolute Gasteiger partial charge is 0.245 e. The van der Waals surface area contributed by atoms with Gasteiger partial charge in [-0.2, -0.15) is 0 Å². The van der Waals surface area contributed by atoms with E-state index in [4.69, 9.17) is 4.74 Å². The zero-order valence-corrected chi connectivity index (χ0v) is 15.1. The zero-order chi connectivity index (χ0) is 18.1. The lowest BCUT2D eigenvalue weighted by Crippen LogP contribution is -2.46. The van der Waals surface area contributed by atoms with Crippen LogP contribution < -0.4 is 5.32 Å². The summed E-state index contributed by atoms with van der Waals surface area (Å²) in [5.41, 5.74) is 3.38. The number of piperidine rings is 1. The first-order valence-electron chi connectivity index (χ1n) is 9.57. The van der Waals surface area contributed by atoms with Crippen molar-refractivity contribution in [1.29, 1.82) is 0 Å². The number of amides is 2. The Balaban J connectivity index is 1.37. The highest BCUT2D eigenvalue weighted by Crippen LogP contribution is 2.39. The number of benzene rings is 1. The van der Waals surface area contributed by atoms with Crippen molar-refractivity contribution in [2.75, 3.05) is 25.0 Å². The normalized spacial score (nSPS) is 23.7. The minimum absolute atomic E-state index is 0.0231. The summed E-state index contributed by atoms with van der Waals surface area (Å²) < 4.78 is 6.08. The molecule has 2 amide bonds. The van der Waals surface area contributed by atoms with E-state index in [0.717, 1.165) is 44.2 Å². The van der Waals surface area contributed by atoms with Gasteiger partial charge in [0.1, 0.15) is 0 Å². The number of aryl methyl sites for hydroxylation is 1. The molecule has 1 N–H and O–H groups in total. The van der Waals surface area contributed by atoms with Crippen LogP contribution in [0.4, 0.5) is 5.69 Å². The van der Waals surface area contributed by atoms with Crippen LogP contribution in [0, 0.1) is 5.92 Å². The molecule has 26 heavy (non-hydrogen) atoms. The van der Waals surface area contributed by atoms with Gasteiger partial charge in [-0.05, 0) is 61.8 Å². The molecule has 0 radical (unpaired) electrons. The average molecular weight is 354 g/mol. The van der Waals surface area contributed by atoms with Crippen LogP contribution in [-0.4, -0.2) is 42.0 Å². The number of carbonyl (C=O) groups is 2. The molecule has 1 unspecified atom stereocenters. The predicted octanol–water partition coefficient (Wildman–Crippen LogP) is 2.70. The van der Waals surface area contributed by atoms with E-state index < -0.39 is 0 Å². The molecule has 1 aromatic rings. The van der Waals surface area contributed by atoms with Crippen LogP contribution in [0.15, 0.2) is 30.9 Å². The van der Waals surface area contributed by atoms with Crippen molar-refractivity contribution < 1.29 is 14.3 Å². The number of carbonyl (C=O) groups excluding carboxylic acids is 2. The van der Waals surface area contributed by atoms with E-state index in [9.17, 15) is 9.59 Å². The van der Waals surface area contributed by atoms with E-state index >= 15 is 0 Å². The molecule has 4 rings (SSSR count). The topological polar surface area (TPSA) is 58.6 Å². The molecule has 1 spiro atoms. The molecule has 2 aliphatic heterocycles. The summed E-state index contributed by atoms with van der Waals surface area (Å²) in [5, 5.41) is 3.15. The first-order valence-corrected chi connectivity index (χ1v) is 9.57. The fourth-order valence-electron chi connectivity index (χ4n) is 4.60. The number of likely N-dealkylation sites (tertiary alicyclic amines) is 1. The van der Waals surface area contributed by atoms with Crippen molar-refractivity contribution in [2.45, 2.75) is 44.1 Å². The highest BCUT2D eigenvalue weighted by molar-refractivity contribution is 5.94. The Morgan fingerprint density at radius 3 is 2.85 bits per heavy atom. The Morgan fingerprint density at radius 2 is 2.08 bits per heavy atom. The fourth-order valence-corrected chi connectivity index (χ4v) is 4.60. The van der Waals surface area contributed by atoms with Gasteiger partial charge in [0.2, 0.25) is 11.8 Å². The average Bonchev–Trinajstić information content (AvgIpc) is 3.30. The third-order valence-electron chi connectivity index (χ3n) is 6.14. The number of rotatable bonds is 3. The summed E-state index contributed by atoms with van der Waals surface area (Å²) >= 11 is 0. The maximum atomic E-state index is 12.8. The Hall–Kier alpha value is -2.14. The second-order valence-electron chi connectivity index (χ2n) is 7.71. The molecular formula is C21H26N2O3. The summed E-state index contributed by atoms with van der Waals surface area (Å²) in [4.78, 5) is 26.3. The molecule has 3 aliphatic rings. The van der Waals surface area contributed by atoms with Crippen LogP contribution in [0.25, 0.3) is 0 Å². The molecule has 0 aromatic heterocycles. The van der Waals surface area contributed by atoms with Crippen LogP contribution in [0.1, 0.15) is 36.8 Å². The lowest BCUT2D eigenvalue weighted by Gasteiger charge is -2.38. The van der Waals surface area contributed by atoms with Crippen molar-refractivity contribution in [3.63, 3.8) is 0 Å². The molecule has 2 saturated heterocycles. The highest BCUT2D eigenvalue weighted by atomic mass is 16.5. The number of hydrogen-bond donors (Lipinski definition) is 1. The zero-order valence-electron chi connectivity index (χ0n) is 15.1. The largest absolute Gasteiger partial charge is 0.374 e. The van der Waals surface area contributed by atoms with Gasteiger partial charge in [0.05, 0.1) is 18.1 Å². The quantitative estimate of drug-likeness (QED) is 0.849. The van der Waals surface area contributed by atoms with Gasteiger partial charge in [-0.3, -0.25) is 9.59 Å². The van der Waals surface area contributed by atoms with Crippen LogP contribution >= 0.6 is 0 Å². The van der Waals surface area contributed by atoms with Crippen LogP contribution in [0.2, 0.25) is 0 Å². The van der Waals surface area contributed by atoms with Gasteiger partial charge in [-0.25, -0.2) is 0 Å². The number of fused-ring (bicyclic) bond motifs is 1. The maximum Gasteiger partial charge on any atom is 0.245 e. The second-order valence-corrected chi connectivity index (χ2v) is 7.71. The molecular weight excluding hydrogens is 328 g/mol. The molecule has 1 aromatic carbocycles. The minimum atomic E-state index is -0.251. The van der Waals surface area contributed by atoms with Gasteiger partial charge in [-0.15, -0.1) is 0 Å². The Labute approximate surface area is 154 Å². The fraction of sp³-hybridized carbons (Fsp3) is 0.524. The lowest BCUT2D eigenvalue weighted by molar-refractivity contribution is -0.130. The monoisotopic (exact) mass is 354 g/mol. The standard InChI is InChI=1S/C21H26N2O3/c1-2-19(24)23-11-9-21(10-12-23)13-16(14-26-21)20(25)22-18-8-4-6-15-5-3-7-17(15)18/h2,4,6,8,16H,1,3,5,7,9-14H2,(H,22,25). The number of nitrogens with zero attached hydrogens (tertiary/aromatic N) is 1. The molecule has 5 heteroatoms. The Bertz CT molecular complexity index is 735. The molecule has 138 valence electrons. The SMILES string of the molecule is C=CC(=O)N1CCC2(CC1)CC(C(=O)Nc1cccc3c1CCC3)CO2. The summed E-state index contributed by atoms with van der Waals surface area (Å²) in [6.07, 6.45) is 7.00. The van der Waals surface area contributed by atoms with E-state index in [-0.39, 0.29) is 23.3 Å². The Kier molecular flexibility index (Phi) is 4.57. The molecule has 5 nitrogen and oxygen atoms in total. The number of hydrogen-bond acceptors (Lipinski definition) is 3. The second kappa shape index (κ2) is 6.88. The lowest BCUT2D eigenvalue weighted by atomic mass is 9.85. The summed E-state index contributed by atoms with van der Waals surface area (Å²) in [6.45, 7) is 5.36. The van der Waals surface area contributed by atoms with Gasteiger partial charge >= 0.3 is 0 Å². The number of nitrogens with one attached hydrogen (secondary N) is 1. The van der Waals surface area contributed by atoms with Gasteiger partial charge in [0.25, 0.3) is 0 Å². The van der Waals surface area contributed by atoms with Crippen LogP contribution in [0.3, 0.4) is 0 Å². The van der Waals surface area contributed by atoms with Crippen molar-refractivity contribution >= 4 is 17.5 Å². The van der Waals surface area contributed by atoms with Crippen LogP contribution in [0.5, 0.6) is 0 Å². The molecule has 1 aliphatic carbocycles. The highest BCUT2D eigenvalue weighted by Gasteiger charge is 2.45. The Morgan fingerprint density at radius 1 is 1.27 bits per heavy atom. The number of ether oxygens (including phenoxy) is 1. The van der Waals surface area contributed by atoms with Crippen molar-refractivity contribution in [1.82, 2.24) is 4.90 Å². The minimum Gasteiger partial charge on any atom is -0.374 e. The van der Waals surface area contributed by atoms with Crippen molar-refractivity contribution in [2.24, 2.45) is 5.92 Å². The summed E-state index contributed by atoms with van der Waals surface area (Å²) in [6, 6.07) is 6.19. The van der Waals surface area contributed by atoms with Gasteiger partial charge in [-0.1, -0.05) is 18.7 Å². The molecule has 2 fully saturated rings. The molecule has 0 saturated carbocycles. The first kappa shape index (κ1) is 17.3. The first-order chi connectivity index (χ1) is 12.6. The van der Waals surface area contributed by atoms with E-state index in [1.165, 1.54) is 17.2 Å². The van der Waals surface area contributed by atoms with E-state index in [0.29, 0.717) is 19.7 Å². The summed E-state index contributed by atoms with van der Waals surface area (Å²) in [7, 11) is 0. The van der Waals surface area contributed by atoms with Gasteiger partial charge in [0.15, 0.2) is 0 Å². The predicted molar refractivity (Wildman–Crippen MR) is 99.9 cm³/mol. The van der Waals surface area contributed by atoms with Crippen molar-refractivity contribution in [3.8, 4) is 0 Å². The molecule has 2 heterocycles. The maximum absolute atomic E-state index is 12.8. The van der Waals surface area contributed by atoms with E-state index in [2.05, 4.69) is 18.0 Å². The van der Waals surface area contributed by atoms with E-state index in [1.807, 2.05) is 17.0 Å². The van der Waals surface area contributed by atoms with Crippen LogP contribution in [-0.2, 0) is 27.2 Å². The summed E-state index contributed by atoms with van der Waals surface area (Å²) in [5.74, 6) is -0.0780. The van der Waals surface area contributed by atoms with Gasteiger partial charge in [0, 0.05) is 18.8 Å². The van der Waals surface area contributed by atoms with Crippen molar-refractivity contribution in [3.05, 3.63) is 42.0 Å². The third kappa shape index (κ3) is 3.16.